The Morgan fingerprint density at radius 3 is 1.45 bits per heavy atom. The van der Waals surface area contributed by atoms with Crippen molar-refractivity contribution in [1.29, 1.82) is 0 Å². The topological polar surface area (TPSA) is 296 Å². The molecular formula is C34H70N12O7. The number of esters is 1. The lowest BCUT2D eigenvalue weighted by Crippen LogP contribution is -2.84. The first-order valence-electron chi connectivity index (χ1n) is 18.0. The van der Waals surface area contributed by atoms with Gasteiger partial charge in [-0.25, -0.2) is 4.79 Å². The lowest BCUT2D eigenvalue weighted by atomic mass is 9.98. The van der Waals surface area contributed by atoms with Crippen LogP contribution >= 0.6 is 0 Å². The number of hydrogen-bond acceptors (Lipinski definition) is 14. The summed E-state index contributed by atoms with van der Waals surface area (Å²) in [5.41, 5.74) is 30.5. The molecule has 0 spiro atoms. The molecule has 0 aliphatic heterocycles. The Hall–Kier alpha value is -3.46. The summed E-state index contributed by atoms with van der Waals surface area (Å²) in [6.07, 6.45) is -1.21. The third-order valence-corrected chi connectivity index (χ3v) is 8.99. The molecule has 0 aliphatic carbocycles. The summed E-state index contributed by atoms with van der Waals surface area (Å²) in [6, 6.07) is -7.08. The molecule has 0 heterocycles. The third-order valence-electron chi connectivity index (χ3n) is 8.99. The minimum Gasteiger partial charge on any atom is -0.426 e. The van der Waals surface area contributed by atoms with Crippen LogP contribution in [0, 0.1) is 23.7 Å². The molecule has 13 N–H and O–H groups in total. The highest BCUT2D eigenvalue weighted by Gasteiger charge is 2.58. The minimum absolute atomic E-state index is 0.0144. The number of nitrogens with one attached hydrogen (secondary N) is 1. The molecule has 0 aromatic rings. The average Bonchev–Trinajstić information content (AvgIpc) is 3.04. The highest BCUT2D eigenvalue weighted by atomic mass is 16.6. The van der Waals surface area contributed by atoms with Crippen molar-refractivity contribution in [2.45, 2.75) is 131 Å². The Balaban J connectivity index is 7.65. The van der Waals surface area contributed by atoms with Crippen molar-refractivity contribution >= 4 is 35.5 Å². The molecular weight excluding hydrogens is 688 g/mol. The van der Waals surface area contributed by atoms with Gasteiger partial charge in [-0.15, -0.1) is 0 Å². The Bertz CT molecular complexity index is 1260. The zero-order chi connectivity index (χ0) is 42.0. The van der Waals surface area contributed by atoms with Gasteiger partial charge in [-0.3, -0.25) is 55.1 Å². The molecule has 0 rings (SSSR count). The van der Waals surface area contributed by atoms with Gasteiger partial charge in [0.2, 0.25) is 35.9 Å². The van der Waals surface area contributed by atoms with E-state index in [1.165, 1.54) is 42.0 Å². The number of hydrazine groups is 1. The standard InChI is InChI=1S/C34H70N12O7/c1-17(2)15-23(37)30(50)44(13)34(43(12)29(49)22(10)36,45(14)31(51)25(38)19(5)6)46(40)26(20(7)8)27(47)41-24(16-18(3)4)32(52)53-33(39)42(11)28(48)21(9)35/h17-26,33H,15-16,35-40H2,1-14H3,(H,41,47)/t21-,22-,23-,24?,25-,26-,33?,34-/m1/s1. The Morgan fingerprint density at radius 1 is 0.623 bits per heavy atom. The van der Waals surface area contributed by atoms with Crippen LogP contribution in [0.2, 0.25) is 0 Å². The number of rotatable bonds is 20. The summed E-state index contributed by atoms with van der Waals surface area (Å²) in [7, 11) is 5.23. The van der Waals surface area contributed by atoms with E-state index in [1.807, 2.05) is 27.7 Å². The number of amides is 5. The van der Waals surface area contributed by atoms with Gasteiger partial charge in [0.05, 0.1) is 24.2 Å². The predicted molar refractivity (Wildman–Crippen MR) is 201 cm³/mol. The summed E-state index contributed by atoms with van der Waals surface area (Å²) < 4.78 is 5.39. The highest BCUT2D eigenvalue weighted by Crippen LogP contribution is 2.32. The first-order chi connectivity index (χ1) is 24.1. The Kier molecular flexibility index (Phi) is 19.5. The van der Waals surface area contributed by atoms with E-state index in [-0.39, 0.29) is 24.7 Å². The Morgan fingerprint density at radius 2 is 1.06 bits per heavy atom. The van der Waals surface area contributed by atoms with Crippen LogP contribution in [0.25, 0.3) is 0 Å². The van der Waals surface area contributed by atoms with Crippen molar-refractivity contribution in [3.63, 3.8) is 0 Å². The van der Waals surface area contributed by atoms with Crippen molar-refractivity contribution in [3.05, 3.63) is 0 Å². The fraction of sp³-hybridized carbons (Fsp3) is 0.824. The van der Waals surface area contributed by atoms with Gasteiger partial charge < -0.3 is 33.0 Å². The van der Waals surface area contributed by atoms with Crippen LogP contribution in [0.4, 0.5) is 0 Å². The average molecular weight is 759 g/mol. The molecule has 0 aromatic heterocycles. The second-order valence-corrected chi connectivity index (χ2v) is 15.4. The number of likely N-dealkylation sites (N-methyl/N-ethyl adjacent to an activating group) is 4. The number of carbonyl (C=O) groups is 6. The number of nitrogens with zero attached hydrogens (tertiary/aromatic N) is 5. The van der Waals surface area contributed by atoms with Crippen LogP contribution in [0.5, 0.6) is 0 Å². The van der Waals surface area contributed by atoms with Gasteiger partial charge in [0.25, 0.3) is 5.91 Å². The molecule has 0 aromatic carbocycles. The summed E-state index contributed by atoms with van der Waals surface area (Å²) in [6.45, 7) is 17.0. The predicted octanol–water partition coefficient (Wildman–Crippen LogP) is -2.00. The molecule has 0 aliphatic rings. The van der Waals surface area contributed by atoms with Crippen LogP contribution in [-0.4, -0.2) is 137 Å². The van der Waals surface area contributed by atoms with Gasteiger partial charge in [-0.2, -0.15) is 5.01 Å². The molecule has 0 fully saturated rings. The van der Waals surface area contributed by atoms with Crippen molar-refractivity contribution in [2.24, 2.45) is 58.2 Å². The number of carbonyl (C=O) groups excluding carboxylic acids is 6. The summed E-state index contributed by atoms with van der Waals surface area (Å²) in [5.74, 6) is -1.18. The van der Waals surface area contributed by atoms with Crippen molar-refractivity contribution in [3.8, 4) is 0 Å². The SMILES string of the molecule is CC(C)CC(NC(=O)[C@@H](C(C)C)N(N)[C@@](N(C)C(=O)[C@H](N)CC(C)C)(N(C)C(=O)[C@@H](C)N)N(C)C(=O)[C@H](N)C(C)C)C(=O)OC(N)N(C)C(=O)[C@@H](C)N. The van der Waals surface area contributed by atoms with Gasteiger partial charge in [0.1, 0.15) is 12.1 Å². The zero-order valence-electron chi connectivity index (χ0n) is 34.3. The largest absolute Gasteiger partial charge is 0.426 e. The second kappa shape index (κ2) is 20.8. The Labute approximate surface area is 315 Å². The van der Waals surface area contributed by atoms with Crippen LogP contribution in [0.1, 0.15) is 82.1 Å². The molecule has 0 bridgehead atoms. The second-order valence-electron chi connectivity index (χ2n) is 15.4. The lowest BCUT2D eigenvalue weighted by molar-refractivity contribution is -0.246. The number of nitrogens with two attached hydrogens (primary N) is 6. The smallest absolute Gasteiger partial charge is 0.331 e. The fourth-order valence-corrected chi connectivity index (χ4v) is 5.92. The minimum atomic E-state index is -2.38. The first-order valence-corrected chi connectivity index (χ1v) is 18.0. The lowest BCUT2D eigenvalue weighted by Gasteiger charge is -2.58. The summed E-state index contributed by atoms with van der Waals surface area (Å²) in [4.78, 5) is 86.7. The van der Waals surface area contributed by atoms with Crippen molar-refractivity contribution < 1.29 is 33.5 Å². The van der Waals surface area contributed by atoms with E-state index in [0.29, 0.717) is 0 Å². The fourth-order valence-electron chi connectivity index (χ4n) is 5.92. The van der Waals surface area contributed by atoms with Crippen molar-refractivity contribution in [2.75, 3.05) is 28.2 Å². The van der Waals surface area contributed by atoms with E-state index in [0.717, 1.165) is 24.6 Å². The van der Waals surface area contributed by atoms with Gasteiger partial charge in [-0.05, 0) is 50.4 Å². The van der Waals surface area contributed by atoms with Crippen LogP contribution in [-0.2, 0) is 33.5 Å². The molecule has 0 radical (unpaired) electrons. The van der Waals surface area contributed by atoms with Gasteiger partial charge in [0, 0.05) is 28.2 Å². The maximum absolute atomic E-state index is 14.5. The summed E-state index contributed by atoms with van der Waals surface area (Å²) in [5, 5.41) is 3.61. The van der Waals surface area contributed by atoms with E-state index in [1.54, 1.807) is 27.7 Å². The monoisotopic (exact) mass is 759 g/mol. The van der Waals surface area contributed by atoms with Crippen LogP contribution in [0.3, 0.4) is 0 Å². The third kappa shape index (κ3) is 12.3. The van der Waals surface area contributed by atoms with E-state index >= 15 is 0 Å². The van der Waals surface area contributed by atoms with E-state index < -0.39 is 95.9 Å². The van der Waals surface area contributed by atoms with Gasteiger partial charge >= 0.3 is 5.97 Å². The number of hydrogen-bond donors (Lipinski definition) is 7. The maximum atomic E-state index is 14.5. The first kappa shape index (κ1) is 49.5. The normalized spacial score (nSPS) is 17.0. The van der Waals surface area contributed by atoms with Gasteiger partial charge in [0.15, 0.2) is 0 Å². The van der Waals surface area contributed by atoms with Crippen molar-refractivity contribution in [1.82, 2.24) is 29.9 Å². The molecule has 0 saturated carbocycles. The molecule has 0 saturated heterocycles. The summed E-state index contributed by atoms with van der Waals surface area (Å²) >= 11 is 0. The maximum Gasteiger partial charge on any atom is 0.331 e. The quantitative estimate of drug-likeness (QED) is 0.0306. The molecule has 53 heavy (non-hydrogen) atoms. The molecule has 19 heteroatoms. The van der Waals surface area contributed by atoms with Gasteiger partial charge in [-0.1, -0.05) is 55.4 Å². The van der Waals surface area contributed by atoms with Crippen LogP contribution in [0.15, 0.2) is 0 Å². The number of ether oxygens (including phenoxy) is 1. The molecule has 19 nitrogen and oxygen atoms in total. The molecule has 5 amide bonds. The van der Waals surface area contributed by atoms with Crippen LogP contribution < -0.4 is 39.8 Å². The molecule has 8 atom stereocenters. The molecule has 2 unspecified atom stereocenters. The van der Waals surface area contributed by atoms with E-state index in [9.17, 15) is 28.8 Å². The zero-order valence-corrected chi connectivity index (χ0v) is 34.3. The highest BCUT2D eigenvalue weighted by molar-refractivity contribution is 5.90. The molecule has 308 valence electrons. The van der Waals surface area contributed by atoms with E-state index in [4.69, 9.17) is 39.2 Å². The van der Waals surface area contributed by atoms with E-state index in [2.05, 4.69) is 5.32 Å².